The lowest BCUT2D eigenvalue weighted by molar-refractivity contribution is -0.141. The Balaban J connectivity index is 2.19. The van der Waals surface area contributed by atoms with Gasteiger partial charge < -0.3 is 19.5 Å². The minimum atomic E-state index is -0.856. The maximum absolute atomic E-state index is 11.1. The second-order valence-electron chi connectivity index (χ2n) is 4.08. The van der Waals surface area contributed by atoms with E-state index in [2.05, 4.69) is 9.97 Å². The smallest absolute Gasteiger partial charge is 0.311 e. The zero-order chi connectivity index (χ0) is 13.1. The molecule has 1 N–H and O–H groups in total. The van der Waals surface area contributed by atoms with Crippen LogP contribution in [0, 0.1) is 5.92 Å². The minimum absolute atomic E-state index is 0.229. The van der Waals surface area contributed by atoms with Gasteiger partial charge in [0, 0.05) is 13.1 Å². The van der Waals surface area contributed by atoms with Crippen LogP contribution in [0.15, 0.2) is 12.4 Å². The molecule has 2 atom stereocenters. The van der Waals surface area contributed by atoms with Crippen LogP contribution >= 0.6 is 0 Å². The van der Waals surface area contributed by atoms with Gasteiger partial charge in [0.05, 0.1) is 26.4 Å². The van der Waals surface area contributed by atoms with Crippen molar-refractivity contribution in [2.24, 2.45) is 5.92 Å². The van der Waals surface area contributed by atoms with Gasteiger partial charge in [-0.15, -0.1) is 0 Å². The first kappa shape index (κ1) is 12.6. The number of hydrogen-bond donors (Lipinski definition) is 1. The third kappa shape index (κ3) is 2.35. The molecule has 0 amide bonds. The van der Waals surface area contributed by atoms with E-state index in [-0.39, 0.29) is 12.6 Å². The summed E-state index contributed by atoms with van der Waals surface area (Å²) in [5, 5.41) is 9.12. The molecule has 0 aromatic carbocycles. The monoisotopic (exact) mass is 253 g/mol. The van der Waals surface area contributed by atoms with Gasteiger partial charge in [0.15, 0.2) is 0 Å². The Hall–Kier alpha value is -1.89. The Bertz CT molecular complexity index is 440. The number of methoxy groups -OCH3 is 1. The standard InChI is InChI=1S/C11H15N3O4/c1-14(8-5-18-4-7(8)11(15)16)9-3-10(17-2)13-6-12-9/h3,6-8H,4-5H2,1-2H3,(H,15,16). The topological polar surface area (TPSA) is 84.8 Å². The molecule has 1 aromatic heterocycles. The molecule has 0 bridgehead atoms. The number of nitrogens with zero attached hydrogens (tertiary/aromatic N) is 3. The van der Waals surface area contributed by atoms with Gasteiger partial charge in [-0.1, -0.05) is 0 Å². The number of anilines is 1. The van der Waals surface area contributed by atoms with Gasteiger partial charge in [-0.2, -0.15) is 0 Å². The summed E-state index contributed by atoms with van der Waals surface area (Å²) in [6, 6.07) is 1.43. The van der Waals surface area contributed by atoms with Crippen molar-refractivity contribution in [3.63, 3.8) is 0 Å². The number of carboxylic acid groups (broad SMARTS) is 1. The van der Waals surface area contributed by atoms with E-state index >= 15 is 0 Å². The highest BCUT2D eigenvalue weighted by atomic mass is 16.5. The number of hydrogen-bond acceptors (Lipinski definition) is 6. The summed E-state index contributed by atoms with van der Waals surface area (Å²) >= 11 is 0. The second kappa shape index (κ2) is 5.18. The molecule has 1 aliphatic heterocycles. The van der Waals surface area contributed by atoms with Crippen molar-refractivity contribution in [1.82, 2.24) is 9.97 Å². The van der Waals surface area contributed by atoms with Crippen LogP contribution in [0.4, 0.5) is 5.82 Å². The van der Waals surface area contributed by atoms with Crippen LogP contribution in [0.2, 0.25) is 0 Å². The summed E-state index contributed by atoms with van der Waals surface area (Å²) in [6.07, 6.45) is 1.39. The molecule has 98 valence electrons. The Kier molecular flexibility index (Phi) is 3.61. The van der Waals surface area contributed by atoms with Gasteiger partial charge in [-0.05, 0) is 0 Å². The molecular formula is C11H15N3O4. The van der Waals surface area contributed by atoms with Gasteiger partial charge in [-0.3, -0.25) is 4.79 Å². The molecule has 0 spiro atoms. The predicted octanol–water partition coefficient (Wildman–Crippen LogP) is 0.0210. The summed E-state index contributed by atoms with van der Waals surface area (Å²) in [4.78, 5) is 20.9. The van der Waals surface area contributed by atoms with Gasteiger partial charge in [0.25, 0.3) is 0 Å². The molecule has 2 unspecified atom stereocenters. The van der Waals surface area contributed by atoms with Crippen molar-refractivity contribution >= 4 is 11.8 Å². The zero-order valence-electron chi connectivity index (χ0n) is 10.2. The van der Waals surface area contributed by atoms with Crippen LogP contribution in [0.25, 0.3) is 0 Å². The average Bonchev–Trinajstić information content (AvgIpc) is 2.87. The highest BCUT2D eigenvalue weighted by Crippen LogP contribution is 2.24. The number of ether oxygens (including phenoxy) is 2. The maximum Gasteiger partial charge on any atom is 0.311 e. The summed E-state index contributed by atoms with van der Waals surface area (Å²) in [5.74, 6) is -0.345. The molecule has 1 fully saturated rings. The number of aromatic nitrogens is 2. The first-order chi connectivity index (χ1) is 8.63. The summed E-state index contributed by atoms with van der Waals surface area (Å²) in [6.45, 7) is 0.604. The van der Waals surface area contributed by atoms with E-state index in [0.717, 1.165) is 0 Å². The maximum atomic E-state index is 11.1. The molecule has 1 saturated heterocycles. The normalized spacial score (nSPS) is 22.8. The van der Waals surface area contributed by atoms with Crippen LogP contribution in [-0.2, 0) is 9.53 Å². The molecule has 0 aliphatic carbocycles. The Labute approximate surface area is 104 Å². The lowest BCUT2D eigenvalue weighted by Crippen LogP contribution is -2.41. The SMILES string of the molecule is COc1cc(N(C)C2COCC2C(=O)O)ncn1. The van der Waals surface area contributed by atoms with Crippen LogP contribution in [0.1, 0.15) is 0 Å². The molecule has 7 nitrogen and oxygen atoms in total. The minimum Gasteiger partial charge on any atom is -0.481 e. The molecule has 2 heterocycles. The van der Waals surface area contributed by atoms with Crippen molar-refractivity contribution in [2.45, 2.75) is 6.04 Å². The van der Waals surface area contributed by atoms with E-state index in [1.165, 1.54) is 13.4 Å². The zero-order valence-corrected chi connectivity index (χ0v) is 10.2. The summed E-state index contributed by atoms with van der Waals surface area (Å²) in [7, 11) is 3.31. The van der Waals surface area contributed by atoms with E-state index in [0.29, 0.717) is 18.3 Å². The Morgan fingerprint density at radius 2 is 2.33 bits per heavy atom. The van der Waals surface area contributed by atoms with Crippen LogP contribution in [0.3, 0.4) is 0 Å². The molecule has 1 aromatic rings. The number of rotatable bonds is 4. The van der Waals surface area contributed by atoms with E-state index in [1.807, 2.05) is 0 Å². The van der Waals surface area contributed by atoms with E-state index in [9.17, 15) is 4.79 Å². The highest BCUT2D eigenvalue weighted by Gasteiger charge is 2.37. The van der Waals surface area contributed by atoms with Crippen LogP contribution in [0.5, 0.6) is 5.88 Å². The van der Waals surface area contributed by atoms with Crippen molar-refractivity contribution < 1.29 is 19.4 Å². The highest BCUT2D eigenvalue weighted by molar-refractivity contribution is 5.72. The quantitative estimate of drug-likeness (QED) is 0.809. The summed E-state index contributed by atoms with van der Waals surface area (Å²) < 4.78 is 10.2. The molecule has 1 aliphatic rings. The van der Waals surface area contributed by atoms with Crippen molar-refractivity contribution in [2.75, 3.05) is 32.3 Å². The fraction of sp³-hybridized carbons (Fsp3) is 0.545. The molecular weight excluding hydrogens is 238 g/mol. The molecule has 18 heavy (non-hydrogen) atoms. The van der Waals surface area contributed by atoms with E-state index < -0.39 is 11.9 Å². The molecule has 2 rings (SSSR count). The fourth-order valence-electron chi connectivity index (χ4n) is 1.96. The second-order valence-corrected chi connectivity index (χ2v) is 4.08. The summed E-state index contributed by atoms with van der Waals surface area (Å²) in [5.41, 5.74) is 0. The number of carbonyl (C=O) groups is 1. The predicted molar refractivity (Wildman–Crippen MR) is 62.7 cm³/mol. The van der Waals surface area contributed by atoms with Crippen LogP contribution < -0.4 is 9.64 Å². The van der Waals surface area contributed by atoms with Crippen molar-refractivity contribution in [3.05, 3.63) is 12.4 Å². The van der Waals surface area contributed by atoms with E-state index in [1.54, 1.807) is 18.0 Å². The number of likely N-dealkylation sites (N-methyl/N-ethyl adjacent to an activating group) is 1. The van der Waals surface area contributed by atoms with Crippen molar-refractivity contribution in [1.29, 1.82) is 0 Å². The van der Waals surface area contributed by atoms with Crippen LogP contribution in [-0.4, -0.2) is 54.5 Å². The molecule has 0 saturated carbocycles. The molecule has 0 radical (unpaired) electrons. The first-order valence-electron chi connectivity index (χ1n) is 5.53. The Morgan fingerprint density at radius 1 is 1.56 bits per heavy atom. The number of carboxylic acids is 1. The van der Waals surface area contributed by atoms with Gasteiger partial charge in [0.2, 0.25) is 5.88 Å². The number of aliphatic carboxylic acids is 1. The lowest BCUT2D eigenvalue weighted by atomic mass is 10.0. The first-order valence-corrected chi connectivity index (χ1v) is 5.53. The Morgan fingerprint density at radius 3 is 3.00 bits per heavy atom. The van der Waals surface area contributed by atoms with Gasteiger partial charge in [-0.25, -0.2) is 9.97 Å². The average molecular weight is 253 g/mol. The largest absolute Gasteiger partial charge is 0.481 e. The van der Waals surface area contributed by atoms with E-state index in [4.69, 9.17) is 14.6 Å². The molecule has 7 heteroatoms. The third-order valence-electron chi connectivity index (χ3n) is 3.06. The van der Waals surface area contributed by atoms with Crippen molar-refractivity contribution in [3.8, 4) is 5.88 Å². The third-order valence-corrected chi connectivity index (χ3v) is 3.06. The fourth-order valence-corrected chi connectivity index (χ4v) is 1.96. The van der Waals surface area contributed by atoms with Gasteiger partial charge >= 0.3 is 5.97 Å². The lowest BCUT2D eigenvalue weighted by Gasteiger charge is -2.27. The van der Waals surface area contributed by atoms with Gasteiger partial charge in [0.1, 0.15) is 18.1 Å².